The lowest BCUT2D eigenvalue weighted by molar-refractivity contribution is -0.157. The van der Waals surface area contributed by atoms with Crippen molar-refractivity contribution in [3.05, 3.63) is 70.2 Å². The lowest BCUT2D eigenvalue weighted by Crippen LogP contribution is -2.72. The molecule has 13 nitrogen and oxygen atoms in total. The number of piperazine rings is 1. The van der Waals surface area contributed by atoms with Crippen molar-refractivity contribution < 1.29 is 14.3 Å². The molecule has 0 N–H and O–H groups in total. The van der Waals surface area contributed by atoms with E-state index in [0.29, 0.717) is 64.7 Å². The minimum absolute atomic E-state index is 0.0953. The molecule has 0 radical (unpaired) electrons. The molecule has 8 rings (SSSR count). The number of carbonyl (C=O) groups excluding carboxylic acids is 2. The molecular formula is C38H40Cl2N10O3. The number of methoxy groups -OCH3 is 1. The summed E-state index contributed by atoms with van der Waals surface area (Å²) in [7, 11) is 3.46. The Balaban J connectivity index is 1.02. The number of likely N-dealkylation sites (tertiary alicyclic amines) is 2. The SMILES string of the molecule is COc1nc(-c2cccc(-c3cccc(-c4cnc5c(CN6CC7(C6)CN(C(C)=O)C7)nn(C)c5n4)c3Cl)c2Cl)cnc1CN1CCN(C(C)=O)CC1. The van der Waals surface area contributed by atoms with E-state index < -0.39 is 0 Å². The first-order valence-corrected chi connectivity index (χ1v) is 18.4. The standard InChI is InChI=1S/C38H40Cl2N10O3/c1-23(51)49-13-11-47(12-14-49)18-32-37(53-4)44-30(15-41-32)28-10-6-8-26(34(28)40)25-7-5-9-27(33(25)39)29-16-42-35-31(45-46(3)36(35)43-29)17-48-19-38(20-48)21-50(22-38)24(2)52/h5-10,15-16H,11-14,17-22H2,1-4H3. The number of benzene rings is 2. The van der Waals surface area contributed by atoms with Gasteiger partial charge in [-0.3, -0.25) is 24.4 Å². The van der Waals surface area contributed by atoms with Crippen LogP contribution in [0.15, 0.2) is 48.8 Å². The number of ether oxygens (including phenoxy) is 1. The van der Waals surface area contributed by atoms with Crippen LogP contribution in [0.4, 0.5) is 0 Å². The highest BCUT2D eigenvalue weighted by atomic mass is 35.5. The highest BCUT2D eigenvalue weighted by molar-refractivity contribution is 6.39. The van der Waals surface area contributed by atoms with E-state index in [-0.39, 0.29) is 17.2 Å². The monoisotopic (exact) mass is 754 g/mol. The smallest absolute Gasteiger partial charge is 0.237 e. The van der Waals surface area contributed by atoms with Gasteiger partial charge in [-0.05, 0) is 0 Å². The first-order chi connectivity index (χ1) is 25.5. The number of fused-ring (bicyclic) bond motifs is 1. The van der Waals surface area contributed by atoms with Crippen LogP contribution in [0.5, 0.6) is 5.88 Å². The van der Waals surface area contributed by atoms with Crippen molar-refractivity contribution in [2.45, 2.75) is 26.9 Å². The molecule has 0 unspecified atom stereocenters. The van der Waals surface area contributed by atoms with Gasteiger partial charge >= 0.3 is 0 Å². The van der Waals surface area contributed by atoms with E-state index in [2.05, 4.69) is 9.80 Å². The first-order valence-electron chi connectivity index (χ1n) is 17.6. The molecule has 3 aliphatic heterocycles. The summed E-state index contributed by atoms with van der Waals surface area (Å²) >= 11 is 14.3. The van der Waals surface area contributed by atoms with E-state index in [4.69, 9.17) is 53.0 Å². The van der Waals surface area contributed by atoms with Crippen molar-refractivity contribution in [3.8, 4) is 39.5 Å². The van der Waals surface area contributed by atoms with Crippen LogP contribution in [0.1, 0.15) is 25.2 Å². The summed E-state index contributed by atoms with van der Waals surface area (Å²) in [6, 6.07) is 11.5. The molecule has 0 aliphatic carbocycles. The average Bonchev–Trinajstić information content (AvgIpc) is 3.43. The molecule has 2 aromatic carbocycles. The third kappa shape index (κ3) is 6.60. The van der Waals surface area contributed by atoms with Crippen LogP contribution in [0.25, 0.3) is 44.8 Å². The van der Waals surface area contributed by atoms with Crippen LogP contribution in [-0.2, 0) is 29.7 Å². The fraction of sp³-hybridized carbons (Fsp3) is 0.395. The summed E-state index contributed by atoms with van der Waals surface area (Å²) in [5, 5.41) is 5.76. The van der Waals surface area contributed by atoms with Crippen molar-refractivity contribution in [2.75, 3.05) is 59.5 Å². The summed E-state index contributed by atoms with van der Waals surface area (Å²) in [4.78, 5) is 51.1. The Bertz CT molecular complexity index is 2240. The van der Waals surface area contributed by atoms with Gasteiger partial charge in [-0.25, -0.2) is 19.6 Å². The molecule has 3 aliphatic rings. The second kappa shape index (κ2) is 13.9. The predicted molar refractivity (Wildman–Crippen MR) is 202 cm³/mol. The largest absolute Gasteiger partial charge is 0.480 e. The van der Waals surface area contributed by atoms with Gasteiger partial charge in [0.25, 0.3) is 0 Å². The lowest BCUT2D eigenvalue weighted by atomic mass is 9.73. The van der Waals surface area contributed by atoms with E-state index in [9.17, 15) is 9.59 Å². The van der Waals surface area contributed by atoms with E-state index in [1.165, 1.54) is 0 Å². The highest BCUT2D eigenvalue weighted by Crippen LogP contribution is 2.43. The van der Waals surface area contributed by atoms with E-state index in [1.807, 2.05) is 53.2 Å². The van der Waals surface area contributed by atoms with Crippen LogP contribution >= 0.6 is 23.2 Å². The van der Waals surface area contributed by atoms with Crippen LogP contribution in [0.3, 0.4) is 0 Å². The van der Waals surface area contributed by atoms with Crippen LogP contribution in [-0.4, -0.2) is 121 Å². The Morgan fingerprint density at radius 2 is 1.30 bits per heavy atom. The third-order valence-electron chi connectivity index (χ3n) is 10.6. The minimum Gasteiger partial charge on any atom is -0.480 e. The summed E-state index contributed by atoms with van der Waals surface area (Å²) in [6.07, 6.45) is 3.46. The third-order valence-corrected chi connectivity index (χ3v) is 11.4. The van der Waals surface area contributed by atoms with Crippen molar-refractivity contribution in [1.29, 1.82) is 0 Å². The second-order valence-electron chi connectivity index (χ2n) is 14.3. The maximum Gasteiger partial charge on any atom is 0.237 e. The summed E-state index contributed by atoms with van der Waals surface area (Å²) in [6.45, 7) is 10.9. The van der Waals surface area contributed by atoms with Gasteiger partial charge in [-0.1, -0.05) is 59.6 Å². The van der Waals surface area contributed by atoms with Crippen molar-refractivity contribution >= 4 is 46.2 Å². The van der Waals surface area contributed by atoms with Crippen LogP contribution in [0, 0.1) is 5.41 Å². The molecular weight excluding hydrogens is 715 g/mol. The van der Waals surface area contributed by atoms with Crippen LogP contribution < -0.4 is 4.74 Å². The van der Waals surface area contributed by atoms with Gasteiger partial charge in [0.2, 0.25) is 17.7 Å². The normalized spacial score (nSPS) is 17.2. The number of aryl methyl sites for hydroxylation is 1. The molecule has 3 aromatic heterocycles. The van der Waals surface area contributed by atoms with Crippen molar-refractivity contribution in [2.24, 2.45) is 12.5 Å². The number of halogens is 2. The summed E-state index contributed by atoms with van der Waals surface area (Å²) in [5.74, 6) is 0.668. The number of rotatable bonds is 8. The van der Waals surface area contributed by atoms with E-state index >= 15 is 0 Å². The molecule has 0 atom stereocenters. The number of nitrogens with zero attached hydrogens (tertiary/aromatic N) is 10. The van der Waals surface area contributed by atoms with Crippen molar-refractivity contribution in [1.82, 2.24) is 49.3 Å². The number of carbonyl (C=O) groups is 2. The molecule has 3 saturated heterocycles. The second-order valence-corrected chi connectivity index (χ2v) is 15.1. The zero-order valence-electron chi connectivity index (χ0n) is 30.1. The first kappa shape index (κ1) is 35.3. The zero-order valence-corrected chi connectivity index (χ0v) is 31.7. The number of aromatic nitrogens is 6. The molecule has 0 saturated carbocycles. The molecule has 0 bridgehead atoms. The number of hydrogen-bond donors (Lipinski definition) is 0. The molecule has 3 fully saturated rings. The Morgan fingerprint density at radius 3 is 1.91 bits per heavy atom. The Kier molecular flexibility index (Phi) is 9.30. The topological polar surface area (TPSA) is 126 Å². The van der Waals surface area contributed by atoms with Crippen molar-refractivity contribution in [3.63, 3.8) is 0 Å². The average molecular weight is 756 g/mol. The quantitative estimate of drug-likeness (QED) is 0.218. The van der Waals surface area contributed by atoms with E-state index in [0.717, 1.165) is 72.9 Å². The fourth-order valence-electron chi connectivity index (χ4n) is 7.84. The molecule has 6 heterocycles. The Labute approximate surface area is 317 Å². The molecule has 5 aromatic rings. The Hall–Kier alpha value is -4.69. The van der Waals surface area contributed by atoms with Gasteiger partial charge in [-0.15, -0.1) is 0 Å². The highest BCUT2D eigenvalue weighted by Gasteiger charge is 2.52. The Morgan fingerprint density at radius 1 is 0.736 bits per heavy atom. The zero-order chi connectivity index (χ0) is 37.0. The van der Waals surface area contributed by atoms with Gasteiger partial charge in [-0.2, -0.15) is 5.10 Å². The minimum atomic E-state index is 0.0953. The fourth-order valence-corrected chi connectivity index (χ4v) is 8.49. The summed E-state index contributed by atoms with van der Waals surface area (Å²) in [5.41, 5.74) is 7.37. The molecule has 2 amide bonds. The lowest BCUT2D eigenvalue weighted by Gasteiger charge is -2.60. The van der Waals surface area contributed by atoms with Gasteiger partial charge in [0.15, 0.2) is 5.65 Å². The predicted octanol–water partition coefficient (Wildman–Crippen LogP) is 4.80. The summed E-state index contributed by atoms with van der Waals surface area (Å²) < 4.78 is 7.45. The molecule has 1 spiro atoms. The van der Waals surface area contributed by atoms with Gasteiger partial charge in [0, 0.05) is 114 Å². The number of hydrogen-bond acceptors (Lipinski definition) is 10. The van der Waals surface area contributed by atoms with Gasteiger partial charge < -0.3 is 14.5 Å². The van der Waals surface area contributed by atoms with Gasteiger partial charge in [0.05, 0.1) is 40.9 Å². The molecule has 53 heavy (non-hydrogen) atoms. The van der Waals surface area contributed by atoms with E-state index in [1.54, 1.807) is 38.0 Å². The van der Waals surface area contributed by atoms with Gasteiger partial charge in [0.1, 0.15) is 16.9 Å². The van der Waals surface area contributed by atoms with Crippen LogP contribution in [0.2, 0.25) is 10.0 Å². The molecule has 15 heteroatoms. The maximum atomic E-state index is 11.7. The maximum absolute atomic E-state index is 11.7. The molecule has 274 valence electrons. The number of amides is 2.